The maximum atomic E-state index is 12.1. The summed E-state index contributed by atoms with van der Waals surface area (Å²) in [5.41, 5.74) is 1.43. The Morgan fingerprint density at radius 3 is 2.48 bits per heavy atom. The van der Waals surface area contributed by atoms with Crippen molar-refractivity contribution in [2.75, 3.05) is 26.1 Å². The Morgan fingerprint density at radius 2 is 1.89 bits per heavy atom. The highest BCUT2D eigenvalue weighted by molar-refractivity contribution is 5.89. The van der Waals surface area contributed by atoms with Crippen molar-refractivity contribution in [3.05, 3.63) is 35.5 Å². The van der Waals surface area contributed by atoms with Crippen LogP contribution in [-0.4, -0.2) is 31.8 Å². The van der Waals surface area contributed by atoms with E-state index in [1.54, 1.807) is 32.4 Å². The number of aryl methyl sites for hydroxylation is 2. The van der Waals surface area contributed by atoms with Gasteiger partial charge in [-0.25, -0.2) is 9.78 Å². The average molecular weight is 375 g/mol. The van der Waals surface area contributed by atoms with Gasteiger partial charge in [0.05, 0.1) is 19.9 Å². The number of nitrogens with one attached hydrogen (secondary N) is 2. The molecule has 1 aromatic heterocycles. The van der Waals surface area contributed by atoms with Gasteiger partial charge in [0.1, 0.15) is 5.76 Å². The Balaban J connectivity index is 1.81. The average Bonchev–Trinajstić information content (AvgIpc) is 2.99. The van der Waals surface area contributed by atoms with E-state index in [-0.39, 0.29) is 11.4 Å². The van der Waals surface area contributed by atoms with Gasteiger partial charge in [0, 0.05) is 30.1 Å². The monoisotopic (exact) mass is 375 g/mol. The molecule has 2 aromatic rings. The van der Waals surface area contributed by atoms with E-state index in [4.69, 9.17) is 13.9 Å². The predicted molar refractivity (Wildman–Crippen MR) is 105 cm³/mol. The van der Waals surface area contributed by atoms with Crippen LogP contribution < -0.4 is 20.1 Å². The molecule has 0 atom stereocenters. The minimum absolute atomic E-state index is 0.111. The highest BCUT2D eigenvalue weighted by Gasteiger charge is 2.22. The summed E-state index contributed by atoms with van der Waals surface area (Å²) in [6.07, 6.45) is 1.49. The molecule has 0 aliphatic carbocycles. The number of urea groups is 1. The van der Waals surface area contributed by atoms with E-state index in [2.05, 4.69) is 36.4 Å². The quantitative estimate of drug-likeness (QED) is 0.713. The molecule has 2 N–H and O–H groups in total. The molecule has 1 aromatic carbocycles. The van der Waals surface area contributed by atoms with Gasteiger partial charge in [0.15, 0.2) is 17.4 Å². The highest BCUT2D eigenvalue weighted by atomic mass is 16.5. The number of benzene rings is 1. The fourth-order valence-corrected chi connectivity index (χ4v) is 2.52. The second-order valence-corrected chi connectivity index (χ2v) is 7.33. The standard InChI is InChI=1S/C20H29N3O4/c1-13-15(27-18(22-13)20(2,3)4)8-7-11-21-19(24)23-14-9-10-16(25-5)17(12-14)26-6/h9-10,12H,7-8,11H2,1-6H3,(H2,21,23,24). The number of carbonyl (C=O) groups excluding carboxylic acids is 1. The molecule has 0 radical (unpaired) electrons. The van der Waals surface area contributed by atoms with Crippen molar-refractivity contribution >= 4 is 11.7 Å². The second kappa shape index (κ2) is 8.79. The Bertz CT molecular complexity index is 778. The van der Waals surface area contributed by atoms with Gasteiger partial charge < -0.3 is 24.5 Å². The largest absolute Gasteiger partial charge is 0.493 e. The summed E-state index contributed by atoms with van der Waals surface area (Å²) in [5.74, 6) is 2.79. The van der Waals surface area contributed by atoms with Gasteiger partial charge in [-0.3, -0.25) is 0 Å². The van der Waals surface area contributed by atoms with E-state index in [0.717, 1.165) is 30.2 Å². The molecule has 7 heteroatoms. The molecule has 0 spiro atoms. The number of nitrogens with zero attached hydrogens (tertiary/aromatic N) is 1. The molecule has 0 saturated heterocycles. The Hall–Kier alpha value is -2.70. The zero-order chi connectivity index (χ0) is 20.0. The summed E-state index contributed by atoms with van der Waals surface area (Å²) in [6.45, 7) is 8.70. The SMILES string of the molecule is COc1ccc(NC(=O)NCCCc2oc(C(C)(C)C)nc2C)cc1OC. The van der Waals surface area contributed by atoms with E-state index in [9.17, 15) is 4.79 Å². The van der Waals surface area contributed by atoms with Gasteiger partial charge in [-0.2, -0.15) is 0 Å². The third-order valence-electron chi connectivity index (χ3n) is 4.04. The number of anilines is 1. The van der Waals surface area contributed by atoms with Crippen molar-refractivity contribution in [3.8, 4) is 11.5 Å². The van der Waals surface area contributed by atoms with Crippen LogP contribution in [0, 0.1) is 6.92 Å². The molecular weight excluding hydrogens is 346 g/mol. The molecule has 0 aliphatic heterocycles. The third-order valence-corrected chi connectivity index (χ3v) is 4.04. The summed E-state index contributed by atoms with van der Waals surface area (Å²) in [4.78, 5) is 16.5. The fourth-order valence-electron chi connectivity index (χ4n) is 2.52. The van der Waals surface area contributed by atoms with E-state index in [0.29, 0.717) is 23.7 Å². The Labute approximate surface area is 160 Å². The van der Waals surface area contributed by atoms with E-state index in [1.807, 2.05) is 6.92 Å². The summed E-state index contributed by atoms with van der Waals surface area (Å²) >= 11 is 0. The van der Waals surface area contributed by atoms with Crippen molar-refractivity contribution in [1.82, 2.24) is 10.3 Å². The number of amides is 2. The van der Waals surface area contributed by atoms with Crippen LogP contribution in [0.2, 0.25) is 0 Å². The lowest BCUT2D eigenvalue weighted by molar-refractivity contribution is 0.252. The zero-order valence-electron chi connectivity index (χ0n) is 16.9. The van der Waals surface area contributed by atoms with Crippen molar-refractivity contribution in [2.45, 2.75) is 46.0 Å². The molecule has 2 amide bonds. The van der Waals surface area contributed by atoms with Gasteiger partial charge in [0.2, 0.25) is 0 Å². The number of hydrogen-bond donors (Lipinski definition) is 2. The van der Waals surface area contributed by atoms with Crippen molar-refractivity contribution in [1.29, 1.82) is 0 Å². The smallest absolute Gasteiger partial charge is 0.319 e. The number of carbonyl (C=O) groups is 1. The maximum absolute atomic E-state index is 12.1. The van der Waals surface area contributed by atoms with Crippen molar-refractivity contribution < 1.29 is 18.7 Å². The molecule has 0 fully saturated rings. The Morgan fingerprint density at radius 1 is 1.19 bits per heavy atom. The lowest BCUT2D eigenvalue weighted by Crippen LogP contribution is -2.29. The van der Waals surface area contributed by atoms with Gasteiger partial charge >= 0.3 is 6.03 Å². The minimum Gasteiger partial charge on any atom is -0.493 e. The van der Waals surface area contributed by atoms with Crippen LogP contribution in [0.5, 0.6) is 11.5 Å². The molecule has 148 valence electrons. The number of hydrogen-bond acceptors (Lipinski definition) is 5. The van der Waals surface area contributed by atoms with Crippen molar-refractivity contribution in [3.63, 3.8) is 0 Å². The number of methoxy groups -OCH3 is 2. The minimum atomic E-state index is -0.271. The van der Waals surface area contributed by atoms with Gasteiger partial charge in [-0.15, -0.1) is 0 Å². The van der Waals surface area contributed by atoms with Gasteiger partial charge in [-0.05, 0) is 25.5 Å². The normalized spacial score (nSPS) is 11.2. The fraction of sp³-hybridized carbons (Fsp3) is 0.500. The molecule has 1 heterocycles. The first-order valence-electron chi connectivity index (χ1n) is 8.98. The van der Waals surface area contributed by atoms with Crippen LogP contribution >= 0.6 is 0 Å². The maximum Gasteiger partial charge on any atom is 0.319 e. The highest BCUT2D eigenvalue weighted by Crippen LogP contribution is 2.29. The molecule has 2 rings (SSSR count). The first kappa shape index (κ1) is 20.6. The number of ether oxygens (including phenoxy) is 2. The van der Waals surface area contributed by atoms with E-state index < -0.39 is 0 Å². The summed E-state index contributed by atoms with van der Waals surface area (Å²) < 4.78 is 16.3. The van der Waals surface area contributed by atoms with Crippen LogP contribution in [0.4, 0.5) is 10.5 Å². The first-order valence-corrected chi connectivity index (χ1v) is 8.98. The lowest BCUT2D eigenvalue weighted by Gasteiger charge is -2.12. The topological polar surface area (TPSA) is 85.6 Å². The zero-order valence-corrected chi connectivity index (χ0v) is 16.9. The summed E-state index contributed by atoms with van der Waals surface area (Å²) in [6, 6.07) is 4.94. The number of aromatic nitrogens is 1. The molecule has 0 saturated carbocycles. The van der Waals surface area contributed by atoms with Crippen LogP contribution in [-0.2, 0) is 11.8 Å². The van der Waals surface area contributed by atoms with Crippen LogP contribution in [0.15, 0.2) is 22.6 Å². The van der Waals surface area contributed by atoms with Crippen LogP contribution in [0.25, 0.3) is 0 Å². The van der Waals surface area contributed by atoms with Crippen LogP contribution in [0.1, 0.15) is 44.5 Å². The molecular formula is C20H29N3O4. The van der Waals surface area contributed by atoms with Crippen LogP contribution in [0.3, 0.4) is 0 Å². The molecule has 7 nitrogen and oxygen atoms in total. The molecule has 0 bridgehead atoms. The van der Waals surface area contributed by atoms with E-state index >= 15 is 0 Å². The number of rotatable bonds is 7. The number of oxazole rings is 1. The van der Waals surface area contributed by atoms with Crippen molar-refractivity contribution in [2.24, 2.45) is 0 Å². The van der Waals surface area contributed by atoms with Gasteiger partial charge in [-0.1, -0.05) is 20.8 Å². The lowest BCUT2D eigenvalue weighted by atomic mass is 9.97. The summed E-state index contributed by atoms with van der Waals surface area (Å²) in [7, 11) is 3.12. The molecule has 0 aliphatic rings. The summed E-state index contributed by atoms with van der Waals surface area (Å²) in [5, 5.41) is 5.62. The molecule has 27 heavy (non-hydrogen) atoms. The van der Waals surface area contributed by atoms with E-state index in [1.165, 1.54) is 0 Å². The third kappa shape index (κ3) is 5.64. The van der Waals surface area contributed by atoms with Gasteiger partial charge in [0.25, 0.3) is 0 Å². The Kier molecular flexibility index (Phi) is 6.71. The predicted octanol–water partition coefficient (Wildman–Crippen LogP) is 4.05. The second-order valence-electron chi connectivity index (χ2n) is 7.33. The first-order chi connectivity index (χ1) is 12.7. The molecule has 0 unspecified atom stereocenters.